The summed E-state index contributed by atoms with van der Waals surface area (Å²) in [6, 6.07) is 0. The van der Waals surface area contributed by atoms with E-state index >= 15 is 0 Å². The molecule has 3 nitrogen and oxygen atoms in total. The van der Waals surface area contributed by atoms with E-state index < -0.39 is 0 Å². The number of aliphatic hydroxyl groups excluding tert-OH is 1. The van der Waals surface area contributed by atoms with Gasteiger partial charge >= 0.3 is 0 Å². The molecular formula is C10H22N2O. The summed E-state index contributed by atoms with van der Waals surface area (Å²) in [6.07, 6.45) is 3.32. The molecule has 1 fully saturated rings. The maximum Gasteiger partial charge on any atom is 0.0552 e. The van der Waals surface area contributed by atoms with Crippen molar-refractivity contribution in [3.8, 4) is 0 Å². The van der Waals surface area contributed by atoms with E-state index in [-0.39, 0.29) is 6.10 Å². The molecule has 0 amide bonds. The van der Waals surface area contributed by atoms with Crippen LogP contribution in [0.4, 0.5) is 0 Å². The highest BCUT2D eigenvalue weighted by Crippen LogP contribution is 2.19. The van der Waals surface area contributed by atoms with Crippen LogP contribution in [0.3, 0.4) is 0 Å². The Balaban J connectivity index is 2.25. The van der Waals surface area contributed by atoms with Gasteiger partial charge in [0.1, 0.15) is 0 Å². The van der Waals surface area contributed by atoms with Crippen LogP contribution in [0.2, 0.25) is 0 Å². The quantitative estimate of drug-likeness (QED) is 0.669. The van der Waals surface area contributed by atoms with Crippen molar-refractivity contribution in [2.75, 3.05) is 26.2 Å². The fourth-order valence-electron chi connectivity index (χ4n) is 2.00. The molecule has 0 saturated carbocycles. The first-order chi connectivity index (χ1) is 6.24. The number of hydrogen-bond acceptors (Lipinski definition) is 3. The molecule has 1 aliphatic heterocycles. The number of piperidine rings is 1. The van der Waals surface area contributed by atoms with Gasteiger partial charge in [0.25, 0.3) is 0 Å². The van der Waals surface area contributed by atoms with Gasteiger partial charge in [-0.3, -0.25) is 0 Å². The molecule has 0 aliphatic carbocycles. The normalized spacial score (nSPS) is 27.5. The first kappa shape index (κ1) is 11.0. The number of aliphatic hydroxyl groups is 1. The molecule has 13 heavy (non-hydrogen) atoms. The van der Waals surface area contributed by atoms with Gasteiger partial charge in [-0.1, -0.05) is 0 Å². The van der Waals surface area contributed by atoms with E-state index in [0.717, 1.165) is 26.1 Å². The fraction of sp³-hybridized carbons (Fsp3) is 1.00. The van der Waals surface area contributed by atoms with E-state index in [1.165, 1.54) is 19.4 Å². The van der Waals surface area contributed by atoms with E-state index in [2.05, 4.69) is 4.90 Å². The summed E-state index contributed by atoms with van der Waals surface area (Å²) < 4.78 is 0. The van der Waals surface area contributed by atoms with Crippen LogP contribution < -0.4 is 5.73 Å². The lowest BCUT2D eigenvalue weighted by Crippen LogP contribution is -2.40. The lowest BCUT2D eigenvalue weighted by molar-refractivity contribution is 0.0627. The van der Waals surface area contributed by atoms with E-state index in [1.54, 1.807) is 0 Å². The molecule has 0 aromatic carbocycles. The van der Waals surface area contributed by atoms with E-state index in [4.69, 9.17) is 5.73 Å². The summed E-state index contributed by atoms with van der Waals surface area (Å²) in [5.74, 6) is 0.478. The van der Waals surface area contributed by atoms with Gasteiger partial charge in [-0.2, -0.15) is 0 Å². The Hall–Kier alpha value is -0.120. The van der Waals surface area contributed by atoms with Crippen molar-refractivity contribution in [3.63, 3.8) is 0 Å². The minimum atomic E-state index is -0.152. The minimum Gasteiger partial charge on any atom is -0.393 e. The van der Waals surface area contributed by atoms with Gasteiger partial charge in [0, 0.05) is 6.54 Å². The zero-order valence-corrected chi connectivity index (χ0v) is 8.58. The summed E-state index contributed by atoms with van der Waals surface area (Å²) in [5, 5.41) is 9.47. The van der Waals surface area contributed by atoms with Crippen LogP contribution in [0.25, 0.3) is 0 Å². The Kier molecular flexibility index (Phi) is 4.70. The van der Waals surface area contributed by atoms with Crippen molar-refractivity contribution >= 4 is 0 Å². The Bertz CT molecular complexity index is 139. The average molecular weight is 186 g/mol. The molecule has 1 aliphatic rings. The number of rotatable bonds is 4. The van der Waals surface area contributed by atoms with E-state index in [1.807, 2.05) is 6.92 Å². The van der Waals surface area contributed by atoms with E-state index in [9.17, 15) is 5.11 Å². The van der Waals surface area contributed by atoms with Crippen LogP contribution in [0.1, 0.15) is 26.2 Å². The highest BCUT2D eigenvalue weighted by Gasteiger charge is 2.22. The average Bonchev–Trinajstić information content (AvgIpc) is 2.15. The predicted molar refractivity (Wildman–Crippen MR) is 54.5 cm³/mol. The van der Waals surface area contributed by atoms with Crippen molar-refractivity contribution in [2.45, 2.75) is 32.3 Å². The largest absolute Gasteiger partial charge is 0.393 e. The third-order valence-electron chi connectivity index (χ3n) is 2.90. The van der Waals surface area contributed by atoms with Crippen LogP contribution in [0, 0.1) is 5.92 Å². The van der Waals surface area contributed by atoms with Gasteiger partial charge in [0.15, 0.2) is 0 Å². The van der Waals surface area contributed by atoms with Gasteiger partial charge in [-0.25, -0.2) is 0 Å². The fourth-order valence-corrected chi connectivity index (χ4v) is 2.00. The second-order valence-electron chi connectivity index (χ2n) is 4.09. The molecule has 1 rings (SSSR count). The third-order valence-corrected chi connectivity index (χ3v) is 2.90. The molecule has 3 heteroatoms. The Morgan fingerprint density at radius 1 is 1.62 bits per heavy atom. The topological polar surface area (TPSA) is 49.5 Å². The smallest absolute Gasteiger partial charge is 0.0552 e. The monoisotopic (exact) mass is 186 g/mol. The maximum absolute atomic E-state index is 9.47. The zero-order chi connectivity index (χ0) is 9.68. The van der Waals surface area contributed by atoms with Crippen LogP contribution in [0.5, 0.6) is 0 Å². The van der Waals surface area contributed by atoms with Crippen molar-refractivity contribution in [1.29, 1.82) is 0 Å². The molecule has 2 atom stereocenters. The SMILES string of the molecule is C[C@@H](O)[C@H]1CCCN(CCCN)C1. The van der Waals surface area contributed by atoms with Gasteiger partial charge in [-0.15, -0.1) is 0 Å². The predicted octanol–water partition coefficient (Wildman–Crippen LogP) is 0.428. The first-order valence-electron chi connectivity index (χ1n) is 5.34. The maximum atomic E-state index is 9.47. The molecule has 3 N–H and O–H groups in total. The van der Waals surface area contributed by atoms with E-state index in [0.29, 0.717) is 5.92 Å². The second kappa shape index (κ2) is 5.58. The molecule has 0 unspecified atom stereocenters. The van der Waals surface area contributed by atoms with Crippen LogP contribution in [0.15, 0.2) is 0 Å². The number of nitrogens with two attached hydrogens (primary N) is 1. The first-order valence-corrected chi connectivity index (χ1v) is 5.34. The lowest BCUT2D eigenvalue weighted by Gasteiger charge is -2.34. The summed E-state index contributed by atoms with van der Waals surface area (Å²) in [4.78, 5) is 2.42. The number of hydrogen-bond donors (Lipinski definition) is 2. The Morgan fingerprint density at radius 3 is 3.00 bits per heavy atom. The Labute approximate surface area is 80.9 Å². The molecule has 78 valence electrons. The molecule has 0 spiro atoms. The van der Waals surface area contributed by atoms with Crippen LogP contribution in [-0.4, -0.2) is 42.3 Å². The van der Waals surface area contributed by atoms with Gasteiger partial charge < -0.3 is 15.7 Å². The number of likely N-dealkylation sites (tertiary alicyclic amines) is 1. The molecule has 0 radical (unpaired) electrons. The highest BCUT2D eigenvalue weighted by atomic mass is 16.3. The second-order valence-corrected chi connectivity index (χ2v) is 4.09. The molecular weight excluding hydrogens is 164 g/mol. The van der Waals surface area contributed by atoms with Crippen LogP contribution in [-0.2, 0) is 0 Å². The lowest BCUT2D eigenvalue weighted by atomic mass is 9.93. The Morgan fingerprint density at radius 2 is 2.38 bits per heavy atom. The summed E-state index contributed by atoms with van der Waals surface area (Å²) in [5.41, 5.74) is 5.46. The highest BCUT2D eigenvalue weighted by molar-refractivity contribution is 4.76. The van der Waals surface area contributed by atoms with Gasteiger partial charge in [0.05, 0.1) is 6.10 Å². The summed E-state index contributed by atoms with van der Waals surface area (Å²) >= 11 is 0. The van der Waals surface area contributed by atoms with Crippen molar-refractivity contribution in [2.24, 2.45) is 11.7 Å². The summed E-state index contributed by atoms with van der Waals surface area (Å²) in [6.45, 7) is 6.01. The molecule has 0 aromatic heterocycles. The minimum absolute atomic E-state index is 0.152. The van der Waals surface area contributed by atoms with Gasteiger partial charge in [-0.05, 0) is 51.7 Å². The molecule has 1 saturated heterocycles. The molecule has 0 aromatic rings. The zero-order valence-electron chi connectivity index (χ0n) is 8.58. The van der Waals surface area contributed by atoms with Gasteiger partial charge in [0.2, 0.25) is 0 Å². The van der Waals surface area contributed by atoms with Crippen molar-refractivity contribution in [3.05, 3.63) is 0 Å². The van der Waals surface area contributed by atoms with Crippen molar-refractivity contribution in [1.82, 2.24) is 4.90 Å². The molecule has 1 heterocycles. The van der Waals surface area contributed by atoms with Crippen molar-refractivity contribution < 1.29 is 5.11 Å². The number of nitrogens with zero attached hydrogens (tertiary/aromatic N) is 1. The van der Waals surface area contributed by atoms with Crippen LogP contribution >= 0.6 is 0 Å². The summed E-state index contributed by atoms with van der Waals surface area (Å²) in [7, 11) is 0. The molecule has 0 bridgehead atoms. The standard InChI is InChI=1S/C10H22N2O/c1-9(13)10-4-2-6-12(8-10)7-3-5-11/h9-10,13H,2-8,11H2,1H3/t9-,10+/m1/s1. The third kappa shape index (κ3) is 3.63.